The summed E-state index contributed by atoms with van der Waals surface area (Å²) in [5.41, 5.74) is 0.000234. The van der Waals surface area contributed by atoms with Crippen molar-refractivity contribution in [2.75, 3.05) is 13.1 Å². The minimum atomic E-state index is 0.000234. The second-order valence-corrected chi connectivity index (χ2v) is 6.16. The fourth-order valence-corrected chi connectivity index (χ4v) is 2.55. The average Bonchev–Trinajstić information content (AvgIpc) is 2.78. The number of tetrazole rings is 1. The Kier molecular flexibility index (Phi) is 4.00. The van der Waals surface area contributed by atoms with E-state index in [1.54, 1.807) is 0 Å². The zero-order valence-corrected chi connectivity index (χ0v) is 12.1. The molecular weight excluding hydrogens is 226 g/mol. The van der Waals surface area contributed by atoms with Crippen molar-refractivity contribution in [2.45, 2.75) is 59.0 Å². The molecule has 1 aromatic heterocycles. The highest BCUT2D eigenvalue weighted by molar-refractivity contribution is 4.89. The molecule has 2 heterocycles. The molecule has 5 nitrogen and oxygen atoms in total. The second kappa shape index (κ2) is 5.34. The number of piperidine rings is 1. The number of hydrogen-bond donors (Lipinski definition) is 0. The third kappa shape index (κ3) is 2.88. The Bertz CT molecular complexity index is 384. The Hall–Kier alpha value is -0.970. The third-order valence-electron chi connectivity index (χ3n) is 4.08. The molecule has 0 N–H and O–H groups in total. The van der Waals surface area contributed by atoms with E-state index in [2.05, 4.69) is 48.1 Å². The highest BCUT2D eigenvalue weighted by Crippen LogP contribution is 2.21. The van der Waals surface area contributed by atoms with Crippen LogP contribution in [0.15, 0.2) is 0 Å². The minimum absolute atomic E-state index is 0.000234. The van der Waals surface area contributed by atoms with Crippen molar-refractivity contribution in [3.63, 3.8) is 0 Å². The van der Waals surface area contributed by atoms with E-state index in [1.807, 2.05) is 4.68 Å². The molecule has 1 saturated heterocycles. The van der Waals surface area contributed by atoms with Crippen molar-refractivity contribution < 1.29 is 0 Å². The fraction of sp³-hybridized carbons (Fsp3) is 0.923. The van der Waals surface area contributed by atoms with Crippen molar-refractivity contribution in [3.05, 3.63) is 5.82 Å². The van der Waals surface area contributed by atoms with Crippen LogP contribution >= 0.6 is 0 Å². The van der Waals surface area contributed by atoms with Crippen molar-refractivity contribution in [2.24, 2.45) is 5.92 Å². The van der Waals surface area contributed by atoms with Gasteiger partial charge >= 0.3 is 0 Å². The summed E-state index contributed by atoms with van der Waals surface area (Å²) < 4.78 is 1.99. The van der Waals surface area contributed by atoms with E-state index >= 15 is 0 Å². The van der Waals surface area contributed by atoms with Gasteiger partial charge in [0.15, 0.2) is 5.82 Å². The molecule has 0 aromatic carbocycles. The van der Waals surface area contributed by atoms with Crippen LogP contribution < -0.4 is 0 Å². The first-order valence-electron chi connectivity index (χ1n) is 7.03. The van der Waals surface area contributed by atoms with Gasteiger partial charge in [0, 0.05) is 6.54 Å². The summed E-state index contributed by atoms with van der Waals surface area (Å²) in [7, 11) is 0. The number of nitrogens with zero attached hydrogens (tertiary/aromatic N) is 5. The third-order valence-corrected chi connectivity index (χ3v) is 4.08. The number of likely N-dealkylation sites (tertiary alicyclic amines) is 1. The number of rotatable bonds is 4. The maximum absolute atomic E-state index is 4.21. The minimum Gasteiger partial charge on any atom is -0.296 e. The first-order chi connectivity index (χ1) is 8.53. The maximum atomic E-state index is 4.21. The van der Waals surface area contributed by atoms with Crippen LogP contribution in [0, 0.1) is 5.92 Å². The summed E-state index contributed by atoms with van der Waals surface area (Å²) in [6, 6.07) is 0. The van der Waals surface area contributed by atoms with Gasteiger partial charge in [-0.15, -0.1) is 5.10 Å². The molecule has 1 aromatic rings. The van der Waals surface area contributed by atoms with Crippen LogP contribution in [0.4, 0.5) is 0 Å². The summed E-state index contributed by atoms with van der Waals surface area (Å²) in [5.74, 6) is 1.79. The fourth-order valence-electron chi connectivity index (χ4n) is 2.55. The van der Waals surface area contributed by atoms with Crippen molar-refractivity contribution >= 4 is 0 Å². The molecule has 0 saturated carbocycles. The molecule has 1 aliphatic rings. The average molecular weight is 251 g/mol. The van der Waals surface area contributed by atoms with Gasteiger partial charge in [-0.25, -0.2) is 4.68 Å². The van der Waals surface area contributed by atoms with Crippen LogP contribution in [0.3, 0.4) is 0 Å². The second-order valence-electron chi connectivity index (χ2n) is 6.16. The topological polar surface area (TPSA) is 46.8 Å². The summed E-state index contributed by atoms with van der Waals surface area (Å²) in [4.78, 5) is 2.47. The quantitative estimate of drug-likeness (QED) is 0.821. The molecule has 1 fully saturated rings. The van der Waals surface area contributed by atoms with Crippen LogP contribution in [0.5, 0.6) is 0 Å². The largest absolute Gasteiger partial charge is 0.296 e. The van der Waals surface area contributed by atoms with E-state index in [4.69, 9.17) is 0 Å². The lowest BCUT2D eigenvalue weighted by Gasteiger charge is -2.31. The predicted molar refractivity (Wildman–Crippen MR) is 71.1 cm³/mol. The maximum Gasteiger partial charge on any atom is 0.165 e. The van der Waals surface area contributed by atoms with Crippen LogP contribution in [0.2, 0.25) is 0 Å². The molecule has 102 valence electrons. The summed E-state index contributed by atoms with van der Waals surface area (Å²) in [5, 5.41) is 12.2. The first-order valence-corrected chi connectivity index (χ1v) is 7.03. The van der Waals surface area contributed by atoms with E-state index in [-0.39, 0.29) is 5.54 Å². The zero-order valence-electron chi connectivity index (χ0n) is 12.1. The number of hydrogen-bond acceptors (Lipinski definition) is 4. The molecular formula is C13H25N5. The van der Waals surface area contributed by atoms with E-state index in [1.165, 1.54) is 25.9 Å². The van der Waals surface area contributed by atoms with E-state index in [0.29, 0.717) is 0 Å². The van der Waals surface area contributed by atoms with Gasteiger partial charge in [-0.3, -0.25) is 4.90 Å². The molecule has 1 unspecified atom stereocenters. The van der Waals surface area contributed by atoms with E-state index in [9.17, 15) is 0 Å². The summed E-state index contributed by atoms with van der Waals surface area (Å²) >= 11 is 0. The molecule has 0 radical (unpaired) electrons. The van der Waals surface area contributed by atoms with Gasteiger partial charge in [0.2, 0.25) is 0 Å². The standard InChI is InChI=1S/C13H25N5/c1-5-13(3,4)18-12(14-15-16-18)10-17-8-6-7-11(2)9-17/h11H,5-10H2,1-4H3. The molecule has 2 rings (SSSR count). The highest BCUT2D eigenvalue weighted by Gasteiger charge is 2.25. The Labute approximate surface area is 110 Å². The van der Waals surface area contributed by atoms with Crippen LogP contribution in [0.25, 0.3) is 0 Å². The molecule has 0 aliphatic carbocycles. The van der Waals surface area contributed by atoms with Gasteiger partial charge in [0.25, 0.3) is 0 Å². The van der Waals surface area contributed by atoms with Gasteiger partial charge in [0.1, 0.15) is 0 Å². The summed E-state index contributed by atoms with van der Waals surface area (Å²) in [6.45, 7) is 12.1. The van der Waals surface area contributed by atoms with Gasteiger partial charge in [-0.1, -0.05) is 13.8 Å². The molecule has 0 spiro atoms. The Balaban J connectivity index is 2.08. The predicted octanol–water partition coefficient (Wildman–Crippen LogP) is 2.05. The molecule has 18 heavy (non-hydrogen) atoms. The van der Waals surface area contributed by atoms with Crippen molar-refractivity contribution in [3.8, 4) is 0 Å². The highest BCUT2D eigenvalue weighted by atomic mass is 15.6. The Morgan fingerprint density at radius 1 is 1.39 bits per heavy atom. The van der Waals surface area contributed by atoms with Crippen molar-refractivity contribution in [1.82, 2.24) is 25.1 Å². The summed E-state index contributed by atoms with van der Waals surface area (Å²) in [6.07, 6.45) is 3.67. The molecule has 1 aliphatic heterocycles. The Morgan fingerprint density at radius 3 is 2.83 bits per heavy atom. The van der Waals surface area contributed by atoms with Crippen molar-refractivity contribution in [1.29, 1.82) is 0 Å². The van der Waals surface area contributed by atoms with Gasteiger partial charge in [-0.2, -0.15) is 0 Å². The van der Waals surface area contributed by atoms with Crippen LogP contribution in [0.1, 0.15) is 52.8 Å². The molecule has 0 bridgehead atoms. The lowest BCUT2D eigenvalue weighted by molar-refractivity contribution is 0.164. The van der Waals surface area contributed by atoms with Gasteiger partial charge in [-0.05, 0) is 56.0 Å². The monoisotopic (exact) mass is 251 g/mol. The van der Waals surface area contributed by atoms with E-state index < -0.39 is 0 Å². The lowest BCUT2D eigenvalue weighted by Crippen LogP contribution is -2.36. The number of aromatic nitrogens is 4. The van der Waals surface area contributed by atoms with Crippen LogP contribution in [-0.2, 0) is 12.1 Å². The first kappa shape index (κ1) is 13.5. The molecule has 5 heteroatoms. The molecule has 1 atom stereocenters. The van der Waals surface area contributed by atoms with Gasteiger partial charge in [0.05, 0.1) is 12.1 Å². The molecule has 0 amide bonds. The van der Waals surface area contributed by atoms with Gasteiger partial charge < -0.3 is 0 Å². The normalized spacial score (nSPS) is 22.3. The zero-order chi connectivity index (χ0) is 13.2. The smallest absolute Gasteiger partial charge is 0.165 e. The SMILES string of the molecule is CCC(C)(C)n1nnnc1CN1CCCC(C)C1. The Morgan fingerprint density at radius 2 is 2.17 bits per heavy atom. The van der Waals surface area contributed by atoms with Crippen LogP contribution in [-0.4, -0.2) is 38.2 Å². The lowest BCUT2D eigenvalue weighted by atomic mass is 10.00. The van der Waals surface area contributed by atoms with E-state index in [0.717, 1.165) is 24.7 Å².